The minimum Gasteiger partial charge on any atom is -0.389 e. The average molecular weight is 318 g/mol. The third kappa shape index (κ3) is 3.58. The van der Waals surface area contributed by atoms with Gasteiger partial charge in [0.05, 0.1) is 0 Å². The molecule has 1 aliphatic rings. The number of aromatic nitrogens is 1. The van der Waals surface area contributed by atoms with Gasteiger partial charge in [0.25, 0.3) is 0 Å². The standard InChI is InChI=1S/C15H18N4S2/c16-14(20)13-3-1-12(2-4-13)11-18-6-8-19(9-7-18)15-17-5-10-21-15/h1-5,10H,6-9,11H2,(H2,16,20). The lowest BCUT2D eigenvalue weighted by Crippen LogP contribution is -2.45. The van der Waals surface area contributed by atoms with Crippen molar-refractivity contribution in [2.45, 2.75) is 6.54 Å². The van der Waals surface area contributed by atoms with Crippen LogP contribution in [0.4, 0.5) is 5.13 Å². The molecule has 0 spiro atoms. The molecule has 1 saturated heterocycles. The van der Waals surface area contributed by atoms with Crippen LogP contribution < -0.4 is 10.6 Å². The average Bonchev–Trinajstić information content (AvgIpc) is 3.03. The third-order valence-corrected chi connectivity index (χ3v) is 4.77. The van der Waals surface area contributed by atoms with Crippen molar-refractivity contribution >= 4 is 33.7 Å². The topological polar surface area (TPSA) is 45.4 Å². The van der Waals surface area contributed by atoms with Crippen LogP contribution in [0, 0.1) is 0 Å². The molecule has 3 rings (SSSR count). The number of piperazine rings is 1. The van der Waals surface area contributed by atoms with Crippen LogP contribution in [-0.4, -0.2) is 41.1 Å². The van der Waals surface area contributed by atoms with Crippen LogP contribution in [0.15, 0.2) is 35.8 Å². The van der Waals surface area contributed by atoms with Gasteiger partial charge in [0.1, 0.15) is 4.99 Å². The van der Waals surface area contributed by atoms with Gasteiger partial charge in [-0.15, -0.1) is 11.3 Å². The molecule has 0 saturated carbocycles. The Labute approximate surface area is 134 Å². The molecule has 0 amide bonds. The van der Waals surface area contributed by atoms with Gasteiger partial charge in [-0.05, 0) is 5.56 Å². The van der Waals surface area contributed by atoms with Crippen molar-refractivity contribution < 1.29 is 0 Å². The smallest absolute Gasteiger partial charge is 0.185 e. The summed E-state index contributed by atoms with van der Waals surface area (Å²) in [6, 6.07) is 8.23. The zero-order valence-corrected chi connectivity index (χ0v) is 13.4. The van der Waals surface area contributed by atoms with E-state index in [1.165, 1.54) is 5.56 Å². The zero-order valence-electron chi connectivity index (χ0n) is 11.7. The van der Waals surface area contributed by atoms with Gasteiger partial charge in [-0.2, -0.15) is 0 Å². The first-order valence-corrected chi connectivity index (χ1v) is 8.27. The molecule has 0 atom stereocenters. The molecular weight excluding hydrogens is 300 g/mol. The molecule has 110 valence electrons. The van der Waals surface area contributed by atoms with Crippen LogP contribution in [0.25, 0.3) is 0 Å². The van der Waals surface area contributed by atoms with E-state index >= 15 is 0 Å². The fraction of sp³-hybridized carbons (Fsp3) is 0.333. The van der Waals surface area contributed by atoms with E-state index in [-0.39, 0.29) is 0 Å². The summed E-state index contributed by atoms with van der Waals surface area (Å²) in [4.78, 5) is 9.66. The first-order valence-electron chi connectivity index (χ1n) is 6.98. The highest BCUT2D eigenvalue weighted by Gasteiger charge is 2.18. The summed E-state index contributed by atoms with van der Waals surface area (Å²) in [6.45, 7) is 5.19. The molecule has 0 bridgehead atoms. The Hall–Kier alpha value is -1.50. The van der Waals surface area contributed by atoms with Gasteiger partial charge in [0.2, 0.25) is 0 Å². The van der Waals surface area contributed by atoms with Crippen molar-refractivity contribution in [3.8, 4) is 0 Å². The van der Waals surface area contributed by atoms with Gasteiger partial charge in [-0.3, -0.25) is 4.90 Å². The van der Waals surface area contributed by atoms with E-state index in [4.69, 9.17) is 18.0 Å². The molecule has 2 N–H and O–H groups in total. The predicted molar refractivity (Wildman–Crippen MR) is 91.9 cm³/mol. The Kier molecular flexibility index (Phi) is 4.48. The molecule has 2 heterocycles. The van der Waals surface area contributed by atoms with Crippen LogP contribution in [-0.2, 0) is 6.54 Å². The van der Waals surface area contributed by atoms with Crippen molar-refractivity contribution in [3.05, 3.63) is 47.0 Å². The fourth-order valence-electron chi connectivity index (χ4n) is 2.50. The van der Waals surface area contributed by atoms with Gasteiger partial charge in [-0.25, -0.2) is 4.98 Å². The van der Waals surface area contributed by atoms with Gasteiger partial charge in [0.15, 0.2) is 5.13 Å². The molecule has 0 radical (unpaired) electrons. The molecular formula is C15H18N4S2. The van der Waals surface area contributed by atoms with Gasteiger partial charge >= 0.3 is 0 Å². The molecule has 21 heavy (non-hydrogen) atoms. The summed E-state index contributed by atoms with van der Waals surface area (Å²) in [7, 11) is 0. The lowest BCUT2D eigenvalue weighted by atomic mass is 10.1. The molecule has 0 unspecified atom stereocenters. The second-order valence-corrected chi connectivity index (χ2v) is 6.45. The monoisotopic (exact) mass is 318 g/mol. The molecule has 1 aromatic heterocycles. The molecule has 2 aromatic rings. The van der Waals surface area contributed by atoms with E-state index in [1.54, 1.807) is 11.3 Å². The molecule has 1 aromatic carbocycles. The third-order valence-electron chi connectivity index (χ3n) is 3.71. The summed E-state index contributed by atoms with van der Waals surface area (Å²) < 4.78 is 0. The number of thiocarbonyl (C=S) groups is 1. The number of hydrogen-bond acceptors (Lipinski definition) is 5. The van der Waals surface area contributed by atoms with Crippen LogP contribution in [0.2, 0.25) is 0 Å². The summed E-state index contributed by atoms with van der Waals surface area (Å²) in [5.41, 5.74) is 7.86. The highest BCUT2D eigenvalue weighted by molar-refractivity contribution is 7.80. The Morgan fingerprint density at radius 2 is 1.90 bits per heavy atom. The van der Waals surface area contributed by atoms with Gasteiger partial charge in [0, 0.05) is 49.9 Å². The van der Waals surface area contributed by atoms with Crippen molar-refractivity contribution in [1.29, 1.82) is 0 Å². The second-order valence-electron chi connectivity index (χ2n) is 5.14. The van der Waals surface area contributed by atoms with Crippen molar-refractivity contribution in [1.82, 2.24) is 9.88 Å². The van der Waals surface area contributed by atoms with Crippen molar-refractivity contribution in [3.63, 3.8) is 0 Å². The zero-order chi connectivity index (χ0) is 14.7. The minimum atomic E-state index is 0.457. The highest BCUT2D eigenvalue weighted by atomic mass is 32.1. The SMILES string of the molecule is NC(=S)c1ccc(CN2CCN(c3nccs3)CC2)cc1. The summed E-state index contributed by atoms with van der Waals surface area (Å²) in [5.74, 6) is 0. The molecule has 1 aliphatic heterocycles. The summed E-state index contributed by atoms with van der Waals surface area (Å²) in [6.07, 6.45) is 1.87. The minimum absolute atomic E-state index is 0.457. The quantitative estimate of drug-likeness (QED) is 0.875. The number of nitrogens with two attached hydrogens (primary N) is 1. The number of thiazole rings is 1. The van der Waals surface area contributed by atoms with Gasteiger partial charge in [-0.1, -0.05) is 36.5 Å². The normalized spacial score (nSPS) is 16.1. The molecule has 6 heteroatoms. The maximum absolute atomic E-state index is 5.62. The van der Waals surface area contributed by atoms with Crippen LogP contribution >= 0.6 is 23.6 Å². The van der Waals surface area contributed by atoms with Gasteiger partial charge < -0.3 is 10.6 Å². The Morgan fingerprint density at radius 1 is 1.19 bits per heavy atom. The lowest BCUT2D eigenvalue weighted by molar-refractivity contribution is 0.250. The number of rotatable bonds is 4. The van der Waals surface area contributed by atoms with E-state index < -0.39 is 0 Å². The molecule has 4 nitrogen and oxygen atoms in total. The largest absolute Gasteiger partial charge is 0.389 e. The van der Waals surface area contributed by atoms with E-state index in [2.05, 4.69) is 26.9 Å². The molecule has 0 aliphatic carbocycles. The first kappa shape index (κ1) is 14.4. The predicted octanol–water partition coefficient (Wildman–Crippen LogP) is 2.10. The van der Waals surface area contributed by atoms with E-state index in [0.29, 0.717) is 4.99 Å². The van der Waals surface area contributed by atoms with Crippen LogP contribution in [0.5, 0.6) is 0 Å². The fourth-order valence-corrected chi connectivity index (χ4v) is 3.33. The summed E-state index contributed by atoms with van der Waals surface area (Å²) in [5, 5.41) is 3.17. The number of nitrogens with zero attached hydrogens (tertiary/aromatic N) is 3. The first-order chi connectivity index (χ1) is 10.2. The number of anilines is 1. The molecule has 1 fully saturated rings. The second kappa shape index (κ2) is 6.51. The van der Waals surface area contributed by atoms with Crippen molar-refractivity contribution in [2.75, 3.05) is 31.1 Å². The number of benzene rings is 1. The van der Waals surface area contributed by atoms with E-state index in [9.17, 15) is 0 Å². The van der Waals surface area contributed by atoms with E-state index in [0.717, 1.165) is 43.4 Å². The Balaban J connectivity index is 1.54. The Bertz CT molecular complexity index is 587. The Morgan fingerprint density at radius 3 is 2.48 bits per heavy atom. The van der Waals surface area contributed by atoms with Crippen LogP contribution in [0.3, 0.4) is 0 Å². The number of hydrogen-bond donors (Lipinski definition) is 1. The maximum atomic E-state index is 5.62. The van der Waals surface area contributed by atoms with Crippen molar-refractivity contribution in [2.24, 2.45) is 5.73 Å². The van der Waals surface area contributed by atoms with E-state index in [1.807, 2.05) is 23.7 Å². The highest BCUT2D eigenvalue weighted by Crippen LogP contribution is 2.19. The summed E-state index contributed by atoms with van der Waals surface area (Å²) >= 11 is 6.69. The van der Waals surface area contributed by atoms with Crippen LogP contribution in [0.1, 0.15) is 11.1 Å². The lowest BCUT2D eigenvalue weighted by Gasteiger charge is -2.34. The maximum Gasteiger partial charge on any atom is 0.185 e.